The molecule has 0 bridgehead atoms. The topological polar surface area (TPSA) is 106 Å². The molecule has 2 rings (SSSR count). The molecule has 1 saturated heterocycles. The van der Waals surface area contributed by atoms with Gasteiger partial charge in [-0.1, -0.05) is 0 Å². The van der Waals surface area contributed by atoms with E-state index in [-0.39, 0.29) is 54.4 Å². The number of nitrogens with zero attached hydrogens (tertiary/aromatic N) is 3. The predicted octanol–water partition coefficient (Wildman–Crippen LogP) is -0.0188. The lowest BCUT2D eigenvalue weighted by Gasteiger charge is -2.38. The Morgan fingerprint density at radius 2 is 2.16 bits per heavy atom. The van der Waals surface area contributed by atoms with Crippen LogP contribution in [0.15, 0.2) is 35.1 Å². The number of amides is 1. The Labute approximate surface area is 146 Å². The highest BCUT2D eigenvalue weighted by atomic mass is 32.2. The molecule has 0 unspecified atom stereocenters. The molecule has 10 heteroatoms. The lowest BCUT2D eigenvalue weighted by Crippen LogP contribution is -2.55. The van der Waals surface area contributed by atoms with Crippen LogP contribution in [0.25, 0.3) is 0 Å². The van der Waals surface area contributed by atoms with Crippen molar-refractivity contribution in [3.63, 3.8) is 0 Å². The minimum atomic E-state index is -3.70. The average molecular weight is 372 g/mol. The zero-order valence-electron chi connectivity index (χ0n) is 14.1. The zero-order valence-corrected chi connectivity index (χ0v) is 14.9. The molecular weight excluding hydrogens is 351 g/mol. The predicted molar refractivity (Wildman–Crippen MR) is 88.9 cm³/mol. The second kappa shape index (κ2) is 7.89. The first kappa shape index (κ1) is 19.3. The number of rotatable bonds is 7. The fraction of sp³-hybridized carbons (Fsp3) is 0.467. The van der Waals surface area contributed by atoms with E-state index in [1.807, 2.05) is 0 Å². The second-order valence-electron chi connectivity index (χ2n) is 5.84. The Morgan fingerprint density at radius 1 is 1.48 bits per heavy atom. The van der Waals surface area contributed by atoms with E-state index in [0.29, 0.717) is 6.33 Å². The van der Waals surface area contributed by atoms with Crippen molar-refractivity contribution >= 4 is 15.9 Å². The molecule has 138 valence electrons. The molecule has 0 spiro atoms. The number of nitrogens with two attached hydrogens (primary N) is 1. The van der Waals surface area contributed by atoms with Crippen molar-refractivity contribution in [2.45, 2.75) is 4.90 Å². The molecule has 1 aromatic rings. The van der Waals surface area contributed by atoms with Crippen molar-refractivity contribution in [3.8, 4) is 5.88 Å². The van der Waals surface area contributed by atoms with Gasteiger partial charge in [0, 0.05) is 45.4 Å². The number of sulfonamides is 1. The van der Waals surface area contributed by atoms with Crippen molar-refractivity contribution in [2.75, 3.05) is 40.3 Å². The highest BCUT2D eigenvalue weighted by Gasteiger charge is 2.41. The normalized spacial score (nSPS) is 16.4. The minimum absolute atomic E-state index is 0.00989. The van der Waals surface area contributed by atoms with Crippen LogP contribution in [0, 0.1) is 5.92 Å². The molecule has 25 heavy (non-hydrogen) atoms. The first-order valence-corrected chi connectivity index (χ1v) is 9.02. The fourth-order valence-electron chi connectivity index (χ4n) is 2.21. The van der Waals surface area contributed by atoms with Gasteiger partial charge in [-0.25, -0.2) is 17.8 Å². The maximum atomic E-state index is 12.5. The van der Waals surface area contributed by atoms with E-state index in [1.165, 1.54) is 27.5 Å². The third-order valence-electron chi connectivity index (χ3n) is 3.81. The van der Waals surface area contributed by atoms with Gasteiger partial charge in [0.05, 0.1) is 18.4 Å². The Morgan fingerprint density at radius 3 is 2.64 bits per heavy atom. The summed E-state index contributed by atoms with van der Waals surface area (Å²) in [6.07, 6.45) is 1.54. The van der Waals surface area contributed by atoms with Gasteiger partial charge < -0.3 is 15.4 Å². The molecule has 2 heterocycles. The van der Waals surface area contributed by atoms with Gasteiger partial charge in [0.25, 0.3) is 0 Å². The number of carbonyl (C=O) groups excluding carboxylic acids is 1. The van der Waals surface area contributed by atoms with E-state index in [4.69, 9.17) is 10.5 Å². The summed E-state index contributed by atoms with van der Waals surface area (Å²) in [5.74, 6) is -0.247. The molecule has 8 nitrogen and oxygen atoms in total. The SMILES string of the molecule is CN(C)C(=O)C1CN(S(=O)(=O)c2ccc(OC/C(=C\F)CN)nc2)C1. The molecule has 1 aliphatic heterocycles. The third kappa shape index (κ3) is 4.33. The van der Waals surface area contributed by atoms with E-state index in [2.05, 4.69) is 4.98 Å². The largest absolute Gasteiger partial charge is 0.473 e. The van der Waals surface area contributed by atoms with E-state index in [0.717, 1.165) is 0 Å². The summed E-state index contributed by atoms with van der Waals surface area (Å²) >= 11 is 0. The molecule has 1 fully saturated rings. The van der Waals surface area contributed by atoms with Crippen molar-refractivity contribution in [2.24, 2.45) is 11.7 Å². The fourth-order valence-corrected chi connectivity index (χ4v) is 3.69. The Bertz CT molecular complexity index is 743. The molecule has 1 aromatic heterocycles. The van der Waals surface area contributed by atoms with Crippen LogP contribution < -0.4 is 10.5 Å². The smallest absolute Gasteiger partial charge is 0.244 e. The van der Waals surface area contributed by atoms with Gasteiger partial charge >= 0.3 is 0 Å². The number of carbonyl (C=O) groups is 1. The minimum Gasteiger partial charge on any atom is -0.473 e. The van der Waals surface area contributed by atoms with Gasteiger partial charge in [0.1, 0.15) is 11.5 Å². The second-order valence-corrected chi connectivity index (χ2v) is 7.78. The summed E-state index contributed by atoms with van der Waals surface area (Å²) in [6, 6.07) is 2.75. The molecule has 2 N–H and O–H groups in total. The van der Waals surface area contributed by atoms with Crippen LogP contribution in [0.4, 0.5) is 4.39 Å². The number of halogens is 1. The summed E-state index contributed by atoms with van der Waals surface area (Å²) in [4.78, 5) is 17.2. The van der Waals surface area contributed by atoms with Gasteiger partial charge in [-0.2, -0.15) is 4.31 Å². The quantitative estimate of drug-likeness (QED) is 0.721. The summed E-state index contributed by atoms with van der Waals surface area (Å²) in [5.41, 5.74) is 5.57. The molecule has 0 atom stereocenters. The van der Waals surface area contributed by atoms with Crippen molar-refractivity contribution < 1.29 is 22.3 Å². The van der Waals surface area contributed by atoms with E-state index in [9.17, 15) is 17.6 Å². The van der Waals surface area contributed by atoms with Crippen LogP contribution in [0.5, 0.6) is 5.88 Å². The van der Waals surface area contributed by atoms with Gasteiger partial charge in [-0.15, -0.1) is 0 Å². The molecule has 0 aliphatic carbocycles. The van der Waals surface area contributed by atoms with E-state index < -0.39 is 10.0 Å². The van der Waals surface area contributed by atoms with Crippen molar-refractivity contribution in [3.05, 3.63) is 30.2 Å². The average Bonchev–Trinajstić information content (AvgIpc) is 2.54. The Hall–Kier alpha value is -2.04. The van der Waals surface area contributed by atoms with Crippen LogP contribution in [0.2, 0.25) is 0 Å². The zero-order chi connectivity index (χ0) is 18.6. The van der Waals surface area contributed by atoms with E-state index >= 15 is 0 Å². The van der Waals surface area contributed by atoms with Crippen molar-refractivity contribution in [1.82, 2.24) is 14.2 Å². The molecule has 0 aromatic carbocycles. The third-order valence-corrected chi connectivity index (χ3v) is 5.62. The standard InChI is InChI=1S/C15H21FN4O4S/c1-19(2)15(21)12-8-20(9-12)25(22,23)13-3-4-14(18-7-13)24-10-11(5-16)6-17/h3-5,7,12H,6,8-10,17H2,1-2H3/b11-5-. The van der Waals surface area contributed by atoms with Crippen LogP contribution in [0.1, 0.15) is 0 Å². The first-order chi connectivity index (χ1) is 11.8. The van der Waals surface area contributed by atoms with Crippen LogP contribution in [-0.2, 0) is 14.8 Å². The number of aromatic nitrogens is 1. The highest BCUT2D eigenvalue weighted by molar-refractivity contribution is 7.89. The van der Waals surface area contributed by atoms with E-state index in [1.54, 1.807) is 14.1 Å². The van der Waals surface area contributed by atoms with Gasteiger partial charge in [0.2, 0.25) is 21.8 Å². The lowest BCUT2D eigenvalue weighted by atomic mass is 10.0. The number of pyridine rings is 1. The summed E-state index contributed by atoms with van der Waals surface area (Å²) in [5, 5.41) is 0. The first-order valence-electron chi connectivity index (χ1n) is 7.58. The number of hydrogen-bond donors (Lipinski definition) is 1. The van der Waals surface area contributed by atoms with Gasteiger partial charge in [0.15, 0.2) is 0 Å². The maximum Gasteiger partial charge on any atom is 0.244 e. The van der Waals surface area contributed by atoms with Crippen LogP contribution >= 0.6 is 0 Å². The van der Waals surface area contributed by atoms with Crippen LogP contribution in [0.3, 0.4) is 0 Å². The molecule has 1 aliphatic rings. The maximum absolute atomic E-state index is 12.5. The number of ether oxygens (including phenoxy) is 1. The highest BCUT2D eigenvalue weighted by Crippen LogP contribution is 2.26. The summed E-state index contributed by atoms with van der Waals surface area (Å²) in [6.45, 7) is 0.259. The summed E-state index contributed by atoms with van der Waals surface area (Å²) < 4.78 is 43.8. The number of hydrogen-bond acceptors (Lipinski definition) is 6. The lowest BCUT2D eigenvalue weighted by molar-refractivity contribution is -0.136. The molecule has 1 amide bonds. The van der Waals surface area contributed by atoms with Gasteiger partial charge in [-0.05, 0) is 6.07 Å². The Kier molecular flexibility index (Phi) is 6.09. The van der Waals surface area contributed by atoms with Crippen LogP contribution in [-0.4, -0.2) is 68.9 Å². The van der Waals surface area contributed by atoms with Crippen molar-refractivity contribution in [1.29, 1.82) is 0 Å². The summed E-state index contributed by atoms with van der Waals surface area (Å²) in [7, 11) is -0.428. The molecule has 0 saturated carbocycles. The monoisotopic (exact) mass is 372 g/mol. The van der Waals surface area contributed by atoms with Gasteiger partial charge in [-0.3, -0.25) is 4.79 Å². The molecular formula is C15H21FN4O4S. The molecule has 0 radical (unpaired) electrons. The Balaban J connectivity index is 1.98.